The molecule has 0 N–H and O–H groups in total. The molecule has 0 radical (unpaired) electrons. The molecule has 240 valence electrons. The summed E-state index contributed by atoms with van der Waals surface area (Å²) < 4.78 is 8.07. The van der Waals surface area contributed by atoms with E-state index in [1.165, 1.54) is 0 Å². The topological polar surface area (TPSA) is 63.5 Å². The molecule has 0 saturated carbocycles. The number of anilines is 1. The number of hydrogen-bond acceptors (Lipinski definition) is 5. The van der Waals surface area contributed by atoms with Crippen LogP contribution in [0.3, 0.4) is 0 Å². The van der Waals surface area contributed by atoms with Crippen LogP contribution in [0, 0.1) is 34.6 Å². The predicted octanol–water partition coefficient (Wildman–Crippen LogP) is 7.85. The number of allylic oxidation sites excluding steroid dienone is 1. The fourth-order valence-electron chi connectivity index (χ4n) is 6.83. The van der Waals surface area contributed by atoms with Crippen LogP contribution in [0.5, 0.6) is 5.75 Å². The molecule has 1 fully saturated rings. The fraction of sp³-hybridized carbons (Fsp3) is 0.378. The molecule has 9 heteroatoms. The maximum atomic E-state index is 14.3. The zero-order chi connectivity index (χ0) is 32.7. The van der Waals surface area contributed by atoms with Gasteiger partial charge in [0.1, 0.15) is 11.6 Å². The summed E-state index contributed by atoms with van der Waals surface area (Å²) in [7, 11) is 1.96. The summed E-state index contributed by atoms with van der Waals surface area (Å²) in [5.74, 6) is 1.88. The second kappa shape index (κ2) is 13.1. The Balaban J connectivity index is 1.27. The molecule has 4 aromatic rings. The van der Waals surface area contributed by atoms with Gasteiger partial charge in [-0.3, -0.25) is 9.48 Å². The van der Waals surface area contributed by atoms with E-state index in [0.717, 1.165) is 104 Å². The Morgan fingerprint density at radius 2 is 1.65 bits per heavy atom. The van der Waals surface area contributed by atoms with E-state index < -0.39 is 0 Å². The summed E-state index contributed by atoms with van der Waals surface area (Å²) in [6, 6.07) is 12.2. The van der Waals surface area contributed by atoms with Crippen molar-refractivity contribution in [3.63, 3.8) is 0 Å². The molecule has 1 aliphatic carbocycles. The summed E-state index contributed by atoms with van der Waals surface area (Å²) >= 11 is 13.3. The normalized spacial score (nSPS) is 14.7. The van der Waals surface area contributed by atoms with Gasteiger partial charge >= 0.3 is 0 Å². The maximum Gasteiger partial charge on any atom is 0.250 e. The van der Waals surface area contributed by atoms with Gasteiger partial charge < -0.3 is 14.5 Å². The molecule has 46 heavy (non-hydrogen) atoms. The number of aryl methyl sites for hydroxylation is 5. The van der Waals surface area contributed by atoms with E-state index in [4.69, 9.17) is 27.9 Å². The van der Waals surface area contributed by atoms with Gasteiger partial charge in [-0.15, -0.1) is 0 Å². The number of amides is 1. The lowest BCUT2D eigenvalue weighted by Crippen LogP contribution is -2.49. The van der Waals surface area contributed by atoms with Crippen molar-refractivity contribution in [2.45, 2.75) is 53.9 Å². The van der Waals surface area contributed by atoms with Gasteiger partial charge in [0, 0.05) is 78.3 Å². The highest BCUT2D eigenvalue weighted by molar-refractivity contribution is 6.34. The molecule has 3 heterocycles. The first-order valence-corrected chi connectivity index (χ1v) is 16.7. The van der Waals surface area contributed by atoms with Crippen LogP contribution in [-0.4, -0.2) is 58.4 Å². The second-order valence-corrected chi connectivity index (χ2v) is 13.3. The van der Waals surface area contributed by atoms with Crippen molar-refractivity contribution < 1.29 is 9.53 Å². The summed E-state index contributed by atoms with van der Waals surface area (Å²) in [5.41, 5.74) is 11.3. The lowest BCUT2D eigenvalue weighted by molar-refractivity contribution is -0.127. The van der Waals surface area contributed by atoms with Gasteiger partial charge in [-0.25, -0.2) is 4.98 Å². The van der Waals surface area contributed by atoms with Crippen LogP contribution in [0.4, 0.5) is 5.82 Å². The first-order valence-electron chi connectivity index (χ1n) is 15.9. The van der Waals surface area contributed by atoms with E-state index in [1.807, 2.05) is 68.7 Å². The number of carbonyl (C=O) groups excluding carboxylic acids is 1. The zero-order valence-electron chi connectivity index (χ0n) is 27.5. The van der Waals surface area contributed by atoms with E-state index >= 15 is 0 Å². The minimum absolute atomic E-state index is 0.106. The van der Waals surface area contributed by atoms with Crippen LogP contribution in [0.15, 0.2) is 48.2 Å². The lowest BCUT2D eigenvalue weighted by Gasteiger charge is -2.36. The number of aromatic nitrogens is 3. The van der Waals surface area contributed by atoms with Gasteiger partial charge in [0.05, 0.1) is 12.3 Å². The minimum Gasteiger partial charge on any atom is -0.494 e. The van der Waals surface area contributed by atoms with Gasteiger partial charge in [-0.05, 0) is 105 Å². The zero-order valence-corrected chi connectivity index (χ0v) is 29.0. The van der Waals surface area contributed by atoms with Gasteiger partial charge in [0.2, 0.25) is 0 Å². The third-order valence-corrected chi connectivity index (χ3v) is 10.3. The van der Waals surface area contributed by atoms with Crippen LogP contribution in [0.1, 0.15) is 52.0 Å². The highest BCUT2D eigenvalue weighted by Crippen LogP contribution is 2.46. The monoisotopic (exact) mass is 657 g/mol. The number of nitrogens with zero attached hydrogens (tertiary/aromatic N) is 5. The van der Waals surface area contributed by atoms with Crippen molar-refractivity contribution in [2.24, 2.45) is 7.05 Å². The van der Waals surface area contributed by atoms with Gasteiger partial charge in [0.15, 0.2) is 0 Å². The number of pyridine rings is 1. The van der Waals surface area contributed by atoms with Crippen LogP contribution in [0.2, 0.25) is 10.0 Å². The summed E-state index contributed by atoms with van der Waals surface area (Å²) in [6.07, 6.45) is 3.93. The molecule has 0 spiro atoms. The number of halogens is 2. The Morgan fingerprint density at radius 1 is 0.935 bits per heavy atom. The molecule has 6 rings (SSSR count). The van der Waals surface area contributed by atoms with Crippen LogP contribution >= 0.6 is 23.2 Å². The molecule has 0 atom stereocenters. The third-order valence-electron chi connectivity index (χ3n) is 9.36. The Labute approximate surface area is 281 Å². The minimum atomic E-state index is 0.106. The molecular weight excluding hydrogens is 617 g/mol. The molecule has 1 saturated heterocycles. The number of ether oxygens (including phenoxy) is 1. The van der Waals surface area contributed by atoms with Crippen molar-refractivity contribution in [1.82, 2.24) is 19.7 Å². The van der Waals surface area contributed by atoms with E-state index in [2.05, 4.69) is 40.1 Å². The highest BCUT2D eigenvalue weighted by Gasteiger charge is 2.34. The maximum absolute atomic E-state index is 14.3. The van der Waals surface area contributed by atoms with Crippen molar-refractivity contribution in [1.29, 1.82) is 0 Å². The molecule has 1 amide bonds. The van der Waals surface area contributed by atoms with Gasteiger partial charge in [-0.2, -0.15) is 5.10 Å². The van der Waals surface area contributed by atoms with Crippen molar-refractivity contribution in [3.8, 4) is 16.9 Å². The van der Waals surface area contributed by atoms with Gasteiger partial charge in [-0.1, -0.05) is 35.3 Å². The Bertz CT molecular complexity index is 1810. The lowest BCUT2D eigenvalue weighted by atomic mass is 9.93. The molecule has 7 nitrogen and oxygen atoms in total. The number of benzene rings is 2. The predicted molar refractivity (Wildman–Crippen MR) is 187 cm³/mol. The molecule has 2 aromatic carbocycles. The van der Waals surface area contributed by atoms with E-state index in [-0.39, 0.29) is 5.91 Å². The van der Waals surface area contributed by atoms with Gasteiger partial charge in [0.25, 0.3) is 5.91 Å². The van der Waals surface area contributed by atoms with Crippen LogP contribution in [-0.2, 0) is 18.3 Å². The molecule has 0 unspecified atom stereocenters. The number of piperazine rings is 1. The fourth-order valence-corrected chi connectivity index (χ4v) is 7.21. The number of fused-ring (bicyclic) bond motifs is 1. The van der Waals surface area contributed by atoms with E-state index in [0.29, 0.717) is 31.1 Å². The average Bonchev–Trinajstić information content (AvgIpc) is 3.53. The van der Waals surface area contributed by atoms with E-state index in [9.17, 15) is 4.79 Å². The molecular formula is C37H41Cl2N5O2. The van der Waals surface area contributed by atoms with Crippen molar-refractivity contribution in [3.05, 3.63) is 97.4 Å². The molecule has 2 aliphatic rings. The van der Waals surface area contributed by atoms with Crippen LogP contribution < -0.4 is 9.64 Å². The number of hydrogen-bond donors (Lipinski definition) is 0. The largest absolute Gasteiger partial charge is 0.494 e. The molecule has 2 aromatic heterocycles. The molecule has 0 bridgehead atoms. The second-order valence-electron chi connectivity index (χ2n) is 12.5. The average molecular weight is 659 g/mol. The smallest absolute Gasteiger partial charge is 0.250 e. The highest BCUT2D eigenvalue weighted by atomic mass is 35.5. The number of rotatable bonds is 8. The summed E-state index contributed by atoms with van der Waals surface area (Å²) in [5, 5.41) is 6.13. The summed E-state index contributed by atoms with van der Waals surface area (Å²) in [6.45, 7) is 13.4. The Morgan fingerprint density at radius 3 is 2.28 bits per heavy atom. The standard InChI is InChI=1S/C37H41Cl2N5O2/c1-22-9-12-33(40-21-22)43-13-15-44(16-14-43)37(45)31-20-30-29(10-11-32(38)35(30)34-25(4)41-42(6)26(34)5)28(31)8-7-17-46-27-18-23(2)36(39)24(3)19-27/h9-12,18-19,21H,7-8,13-17,20H2,1-6H3. The SMILES string of the molecule is Cc1ccc(N2CCN(C(=O)C3=C(CCCOc4cc(C)c(Cl)c(C)c4)c4ccc(Cl)c(-c5c(C)nn(C)c5C)c4C3)CC2)nc1. The third kappa shape index (κ3) is 6.15. The Hall–Kier alpha value is -3.81. The number of carbonyl (C=O) groups is 1. The first kappa shape index (κ1) is 32.1. The quantitative estimate of drug-likeness (QED) is 0.181. The first-order chi connectivity index (χ1) is 22.0. The van der Waals surface area contributed by atoms with Crippen molar-refractivity contribution in [2.75, 3.05) is 37.7 Å². The van der Waals surface area contributed by atoms with E-state index in [1.54, 1.807) is 0 Å². The Kier molecular flexibility index (Phi) is 9.17. The summed E-state index contributed by atoms with van der Waals surface area (Å²) in [4.78, 5) is 23.2. The van der Waals surface area contributed by atoms with Crippen molar-refractivity contribution >= 4 is 40.5 Å². The molecule has 1 aliphatic heterocycles. The van der Waals surface area contributed by atoms with Crippen LogP contribution in [0.25, 0.3) is 16.7 Å².